The molecule has 0 aliphatic carbocycles. The molecule has 204 valence electrons. The first-order chi connectivity index (χ1) is 17.9. The topological polar surface area (TPSA) is 94.1 Å². The van der Waals surface area contributed by atoms with Gasteiger partial charge in [0.25, 0.3) is 10.0 Å². The molecule has 0 unspecified atom stereocenters. The van der Waals surface area contributed by atoms with Crippen LogP contribution in [0.4, 0.5) is 28.4 Å². The standard InChI is InChI=1S/C23H23NO6S.CH3F.2F2/c1-28-21-12-11-16(14-20(21)25)9-10-17-13-19(23(30-3)22(15-17)29-2)24-31(26,27)18-7-5-4-6-8-18;3*1-2/h4-15,24-25H,1-3H3;1H3;;/b10-9-;;;. The molecule has 3 rings (SSSR count). The van der Waals surface area contributed by atoms with Gasteiger partial charge in [-0.1, -0.05) is 36.4 Å². The Bertz CT molecular complexity index is 1210. The number of aromatic hydroxyl groups is 1. The summed E-state index contributed by atoms with van der Waals surface area (Å²) in [5.74, 6) is 1.03. The van der Waals surface area contributed by atoms with Crippen LogP contribution >= 0.6 is 0 Å². The number of alkyl halides is 1. The molecule has 3 aromatic carbocycles. The highest BCUT2D eigenvalue weighted by Gasteiger charge is 2.19. The maximum atomic E-state index is 12.8. The number of rotatable bonds is 8. The molecular weight excluding hydrogens is 525 g/mol. The summed E-state index contributed by atoms with van der Waals surface area (Å²) in [5.41, 5.74) is 1.64. The third kappa shape index (κ3) is 9.52. The van der Waals surface area contributed by atoms with Crippen molar-refractivity contribution in [1.82, 2.24) is 0 Å². The molecule has 0 radical (unpaired) electrons. The second-order valence-corrected chi connectivity index (χ2v) is 8.17. The zero-order valence-electron chi connectivity index (χ0n) is 20.2. The molecule has 7 nitrogen and oxygen atoms in total. The SMILES string of the molecule is CF.COc1ccc(/C=C\c2cc(NS(=O)(=O)c3ccccc3)c(OC)c(OC)c2)cc1O.FF.FF. The number of anilines is 1. The number of methoxy groups -OCH3 is 3. The van der Waals surface area contributed by atoms with Crippen LogP contribution in [0.5, 0.6) is 23.0 Å². The highest BCUT2D eigenvalue weighted by molar-refractivity contribution is 7.92. The van der Waals surface area contributed by atoms with Crippen molar-refractivity contribution in [2.45, 2.75) is 4.90 Å². The monoisotopic (exact) mass is 551 g/mol. The molecule has 37 heavy (non-hydrogen) atoms. The predicted molar refractivity (Wildman–Crippen MR) is 132 cm³/mol. The Kier molecular flexibility index (Phi) is 15.5. The number of halogens is 5. The van der Waals surface area contributed by atoms with Crippen LogP contribution < -0.4 is 18.9 Å². The Morgan fingerprint density at radius 2 is 1.32 bits per heavy atom. The van der Waals surface area contributed by atoms with Crippen LogP contribution in [0.1, 0.15) is 11.1 Å². The van der Waals surface area contributed by atoms with E-state index in [1.54, 1.807) is 60.7 Å². The van der Waals surface area contributed by atoms with E-state index in [4.69, 9.17) is 32.5 Å². The summed E-state index contributed by atoms with van der Waals surface area (Å²) in [4.78, 5) is 0.130. The molecule has 0 aromatic heterocycles. The molecule has 0 bridgehead atoms. The zero-order chi connectivity index (χ0) is 28.4. The fourth-order valence-corrected chi connectivity index (χ4v) is 4.04. The van der Waals surface area contributed by atoms with Crippen molar-refractivity contribution in [3.63, 3.8) is 0 Å². The van der Waals surface area contributed by atoms with Crippen molar-refractivity contribution in [3.8, 4) is 23.0 Å². The summed E-state index contributed by atoms with van der Waals surface area (Å²) < 4.78 is 85.5. The van der Waals surface area contributed by atoms with E-state index in [-0.39, 0.29) is 22.1 Å². The lowest BCUT2D eigenvalue weighted by Gasteiger charge is -2.16. The van der Waals surface area contributed by atoms with Gasteiger partial charge in [-0.3, -0.25) is 9.11 Å². The molecule has 13 heteroatoms. The molecule has 2 N–H and O–H groups in total. The Morgan fingerprint density at radius 3 is 1.84 bits per heavy atom. The van der Waals surface area contributed by atoms with E-state index in [1.807, 2.05) is 0 Å². The second-order valence-electron chi connectivity index (χ2n) is 6.49. The van der Waals surface area contributed by atoms with Crippen molar-refractivity contribution in [2.75, 3.05) is 33.2 Å². The quantitative estimate of drug-likeness (QED) is 0.240. The molecule has 3 aromatic rings. The van der Waals surface area contributed by atoms with Gasteiger partial charge < -0.3 is 19.3 Å². The lowest BCUT2D eigenvalue weighted by Crippen LogP contribution is -2.14. The van der Waals surface area contributed by atoms with Crippen LogP contribution in [0.2, 0.25) is 0 Å². The van der Waals surface area contributed by atoms with Crippen LogP contribution in [0.25, 0.3) is 12.2 Å². The van der Waals surface area contributed by atoms with Gasteiger partial charge in [0, 0.05) is 18.3 Å². The molecule has 0 spiro atoms. The molecule has 0 fully saturated rings. The van der Waals surface area contributed by atoms with Crippen LogP contribution in [-0.4, -0.2) is 42.0 Å². The van der Waals surface area contributed by atoms with Crippen molar-refractivity contribution in [3.05, 3.63) is 71.8 Å². The first-order valence-corrected chi connectivity index (χ1v) is 11.4. The molecule has 0 amide bonds. The zero-order valence-corrected chi connectivity index (χ0v) is 21.0. The first kappa shape index (κ1) is 33.0. The molecule has 0 aliphatic heterocycles. The number of hydrogen-bond acceptors (Lipinski definition) is 6. The third-order valence-electron chi connectivity index (χ3n) is 4.47. The number of nitrogens with one attached hydrogen (secondary N) is 1. The van der Waals surface area contributed by atoms with Crippen molar-refractivity contribution in [2.24, 2.45) is 0 Å². The average Bonchev–Trinajstić information content (AvgIpc) is 2.95. The van der Waals surface area contributed by atoms with Gasteiger partial charge in [-0.15, -0.1) is 0 Å². The normalized spacial score (nSPS) is 9.97. The minimum atomic E-state index is -3.82. The number of phenols is 1. The minimum absolute atomic E-state index is 0.0215. The fourth-order valence-electron chi connectivity index (χ4n) is 2.96. The Balaban J connectivity index is 0.00000201. The Hall–Kier alpha value is -4.00. The average molecular weight is 552 g/mol. The highest BCUT2D eigenvalue weighted by atomic mass is 32.2. The van der Waals surface area contributed by atoms with Gasteiger partial charge in [0.05, 0.1) is 39.1 Å². The largest absolute Gasteiger partial charge is 0.504 e. The maximum Gasteiger partial charge on any atom is 0.262 e. The van der Waals surface area contributed by atoms with Gasteiger partial charge in [-0.25, -0.2) is 8.42 Å². The number of benzene rings is 3. The third-order valence-corrected chi connectivity index (χ3v) is 5.85. The summed E-state index contributed by atoms with van der Waals surface area (Å²) in [5, 5.41) is 9.95. The van der Waals surface area contributed by atoms with Crippen LogP contribution in [0.15, 0.2) is 65.6 Å². The Morgan fingerprint density at radius 1 is 0.757 bits per heavy atom. The van der Waals surface area contributed by atoms with Crippen LogP contribution in [0.3, 0.4) is 0 Å². The second kappa shape index (κ2) is 17.4. The summed E-state index contributed by atoms with van der Waals surface area (Å²) in [6, 6.07) is 16.4. The van der Waals surface area contributed by atoms with E-state index in [0.29, 0.717) is 24.2 Å². The Labute approximate surface area is 211 Å². The predicted octanol–water partition coefficient (Wildman–Crippen LogP) is 6.66. The summed E-state index contributed by atoms with van der Waals surface area (Å²) in [6.45, 7) is 0. The molecule has 0 saturated carbocycles. The number of hydrogen-bond donors (Lipinski definition) is 2. The molecule has 0 heterocycles. The van der Waals surface area contributed by atoms with E-state index in [2.05, 4.69) is 4.72 Å². The first-order valence-electron chi connectivity index (χ1n) is 9.93. The van der Waals surface area contributed by atoms with Crippen molar-refractivity contribution < 1.29 is 50.4 Å². The number of sulfonamides is 1. The molecular formula is C24H26F5NO6S. The van der Waals surface area contributed by atoms with Gasteiger partial charge in [0.1, 0.15) is 0 Å². The van der Waals surface area contributed by atoms with Crippen molar-refractivity contribution >= 4 is 27.9 Å². The van der Waals surface area contributed by atoms with E-state index in [9.17, 15) is 17.9 Å². The highest BCUT2D eigenvalue weighted by Crippen LogP contribution is 2.38. The van der Waals surface area contributed by atoms with E-state index < -0.39 is 10.0 Å². The summed E-state index contributed by atoms with van der Waals surface area (Å²) in [6.07, 6.45) is 3.54. The number of phenolic OH excluding ortho intramolecular Hbond substituents is 1. The lowest BCUT2D eigenvalue weighted by atomic mass is 10.1. The lowest BCUT2D eigenvalue weighted by molar-refractivity contribution is 0.108. The fraction of sp³-hybridized carbons (Fsp3) is 0.167. The summed E-state index contributed by atoms with van der Waals surface area (Å²) in [7, 11) is 1.07. The number of ether oxygens (including phenoxy) is 3. The summed E-state index contributed by atoms with van der Waals surface area (Å²) >= 11 is 0. The molecule has 0 aliphatic rings. The van der Waals surface area contributed by atoms with Gasteiger partial charge in [-0.05, 0) is 47.5 Å². The van der Waals surface area contributed by atoms with Crippen LogP contribution in [0, 0.1) is 0 Å². The minimum Gasteiger partial charge on any atom is -0.504 e. The van der Waals surface area contributed by atoms with Gasteiger partial charge in [0.15, 0.2) is 23.0 Å². The smallest absolute Gasteiger partial charge is 0.262 e. The van der Waals surface area contributed by atoms with E-state index >= 15 is 0 Å². The van der Waals surface area contributed by atoms with Crippen LogP contribution in [-0.2, 0) is 10.0 Å². The van der Waals surface area contributed by atoms with Gasteiger partial charge in [-0.2, -0.15) is 0 Å². The van der Waals surface area contributed by atoms with Crippen molar-refractivity contribution in [1.29, 1.82) is 0 Å². The van der Waals surface area contributed by atoms with Gasteiger partial charge >= 0.3 is 0 Å². The van der Waals surface area contributed by atoms with E-state index in [0.717, 1.165) is 5.56 Å². The van der Waals surface area contributed by atoms with E-state index in [1.165, 1.54) is 33.5 Å². The molecule has 0 saturated heterocycles. The van der Waals surface area contributed by atoms with Gasteiger partial charge in [0.2, 0.25) is 0 Å². The maximum absolute atomic E-state index is 12.8. The molecule has 0 atom stereocenters.